The molecule has 1 aliphatic heterocycles. The summed E-state index contributed by atoms with van der Waals surface area (Å²) in [7, 11) is 0. The number of Topliss-reactive ketones (excluding diaryl/α,β-unsaturated/α-hetero) is 1. The summed E-state index contributed by atoms with van der Waals surface area (Å²) in [6, 6.07) is 6.03. The van der Waals surface area contributed by atoms with Crippen LogP contribution in [0.5, 0.6) is 0 Å². The first-order chi connectivity index (χ1) is 11.5. The Kier molecular flexibility index (Phi) is 5.43. The zero-order valence-corrected chi connectivity index (χ0v) is 16.1. The highest BCUT2D eigenvalue weighted by molar-refractivity contribution is 9.10. The Morgan fingerprint density at radius 1 is 1.25 bits per heavy atom. The zero-order valence-electron chi connectivity index (χ0n) is 14.6. The molecule has 0 spiro atoms. The normalized spacial score (nSPS) is 22.3. The molecule has 1 aliphatic carbocycles. The van der Waals surface area contributed by atoms with Crippen LogP contribution >= 0.6 is 15.9 Å². The summed E-state index contributed by atoms with van der Waals surface area (Å²) in [4.78, 5) is 27.3. The van der Waals surface area contributed by atoms with Crippen molar-refractivity contribution >= 4 is 33.3 Å². The van der Waals surface area contributed by atoms with Crippen molar-refractivity contribution in [1.82, 2.24) is 0 Å². The van der Waals surface area contributed by atoms with Crippen LogP contribution in [-0.4, -0.2) is 22.6 Å². The quantitative estimate of drug-likeness (QED) is 0.540. The molecule has 2 aliphatic rings. The summed E-state index contributed by atoms with van der Waals surface area (Å²) in [5.41, 5.74) is 2.89. The van der Waals surface area contributed by atoms with Gasteiger partial charge < -0.3 is 4.90 Å². The average molecular weight is 392 g/mol. The average Bonchev–Trinajstić information content (AvgIpc) is 2.95. The van der Waals surface area contributed by atoms with Crippen LogP contribution < -0.4 is 4.90 Å². The van der Waals surface area contributed by atoms with Crippen molar-refractivity contribution in [3.8, 4) is 0 Å². The predicted octanol–water partition coefficient (Wildman–Crippen LogP) is 4.90. The monoisotopic (exact) mass is 391 g/mol. The van der Waals surface area contributed by atoms with Crippen molar-refractivity contribution in [3.05, 3.63) is 29.3 Å². The molecule has 0 bridgehead atoms. The van der Waals surface area contributed by atoms with Crippen molar-refractivity contribution in [2.24, 2.45) is 5.92 Å². The molecule has 1 fully saturated rings. The third-order valence-corrected chi connectivity index (χ3v) is 6.48. The predicted molar refractivity (Wildman–Crippen MR) is 101 cm³/mol. The summed E-state index contributed by atoms with van der Waals surface area (Å²) < 4.78 is 0. The van der Waals surface area contributed by atoms with E-state index in [1.165, 1.54) is 19.3 Å². The molecule has 1 amide bonds. The van der Waals surface area contributed by atoms with Gasteiger partial charge in [0, 0.05) is 23.2 Å². The smallest absolute Gasteiger partial charge is 0.230 e. The maximum absolute atomic E-state index is 13.0. The zero-order chi connectivity index (χ0) is 17.3. The van der Waals surface area contributed by atoms with Crippen LogP contribution in [-0.2, 0) is 11.2 Å². The number of hydrogen-bond donors (Lipinski definition) is 0. The first kappa shape index (κ1) is 17.7. The number of fused-ring (bicyclic) bond motifs is 1. The maximum Gasteiger partial charge on any atom is 0.230 e. The number of hydrogen-bond acceptors (Lipinski definition) is 2. The van der Waals surface area contributed by atoms with E-state index >= 15 is 0 Å². The Morgan fingerprint density at radius 2 is 1.96 bits per heavy atom. The highest BCUT2D eigenvalue weighted by Gasteiger charge is 2.35. The van der Waals surface area contributed by atoms with E-state index in [-0.39, 0.29) is 28.5 Å². The minimum atomic E-state index is -0.130. The van der Waals surface area contributed by atoms with E-state index < -0.39 is 0 Å². The van der Waals surface area contributed by atoms with Gasteiger partial charge in [-0.3, -0.25) is 9.59 Å². The molecule has 0 N–H and O–H groups in total. The highest BCUT2D eigenvalue weighted by Crippen LogP contribution is 2.36. The van der Waals surface area contributed by atoms with E-state index in [0.717, 1.165) is 42.5 Å². The molecule has 1 saturated carbocycles. The number of anilines is 1. The molecule has 2 atom stereocenters. The van der Waals surface area contributed by atoms with Crippen molar-refractivity contribution in [3.63, 3.8) is 0 Å². The summed E-state index contributed by atoms with van der Waals surface area (Å²) in [5, 5.41) is 0. The molecular weight excluding hydrogens is 366 g/mol. The minimum absolute atomic E-state index is 0.130. The van der Waals surface area contributed by atoms with Gasteiger partial charge in [-0.1, -0.05) is 42.1 Å². The summed E-state index contributed by atoms with van der Waals surface area (Å²) in [5.74, 6) is 0.595. The fourth-order valence-corrected chi connectivity index (χ4v) is 4.30. The number of benzene rings is 1. The Hall–Kier alpha value is -1.16. The fraction of sp³-hybridized carbons (Fsp3) is 0.600. The summed E-state index contributed by atoms with van der Waals surface area (Å²) >= 11 is 3.44. The van der Waals surface area contributed by atoms with Crippen LogP contribution in [0, 0.1) is 5.92 Å². The lowest BCUT2D eigenvalue weighted by molar-refractivity contribution is -0.123. The molecule has 0 saturated heterocycles. The van der Waals surface area contributed by atoms with Gasteiger partial charge in [0.1, 0.15) is 0 Å². The minimum Gasteiger partial charge on any atom is -0.309 e. The number of rotatable bonds is 4. The van der Waals surface area contributed by atoms with Crippen LogP contribution in [0.2, 0.25) is 0 Å². The van der Waals surface area contributed by atoms with Crippen molar-refractivity contribution in [1.29, 1.82) is 0 Å². The van der Waals surface area contributed by atoms with E-state index in [1.807, 2.05) is 30.0 Å². The van der Waals surface area contributed by atoms with Gasteiger partial charge >= 0.3 is 0 Å². The van der Waals surface area contributed by atoms with Gasteiger partial charge in [-0.25, -0.2) is 0 Å². The Labute approximate surface area is 152 Å². The number of amides is 1. The Bertz CT molecular complexity index is 637. The molecule has 3 nitrogen and oxygen atoms in total. The van der Waals surface area contributed by atoms with Crippen molar-refractivity contribution in [2.45, 2.75) is 69.7 Å². The lowest BCUT2D eigenvalue weighted by atomic mass is 9.88. The maximum atomic E-state index is 13.0. The molecule has 4 heteroatoms. The molecular formula is C20H26BrNO2. The Morgan fingerprint density at radius 3 is 2.62 bits per heavy atom. The number of halogens is 1. The first-order valence-electron chi connectivity index (χ1n) is 9.17. The Balaban J connectivity index is 1.84. The highest BCUT2D eigenvalue weighted by atomic mass is 79.9. The van der Waals surface area contributed by atoms with Gasteiger partial charge in [0.15, 0.2) is 5.78 Å². The number of alkyl halides is 1. The van der Waals surface area contributed by atoms with Crippen LogP contribution in [0.25, 0.3) is 0 Å². The number of carbonyl (C=O) groups is 2. The largest absolute Gasteiger partial charge is 0.309 e. The van der Waals surface area contributed by atoms with Gasteiger partial charge in [0.25, 0.3) is 0 Å². The first-order valence-corrected chi connectivity index (χ1v) is 10.1. The van der Waals surface area contributed by atoms with E-state index in [0.29, 0.717) is 0 Å². The molecule has 1 aromatic rings. The third kappa shape index (κ3) is 3.30. The van der Waals surface area contributed by atoms with E-state index in [2.05, 4.69) is 22.9 Å². The molecule has 2 unspecified atom stereocenters. The van der Waals surface area contributed by atoms with Crippen LogP contribution in [0.4, 0.5) is 5.69 Å². The topological polar surface area (TPSA) is 37.4 Å². The van der Waals surface area contributed by atoms with Gasteiger partial charge in [-0.2, -0.15) is 0 Å². The van der Waals surface area contributed by atoms with Gasteiger partial charge in [0.2, 0.25) is 5.91 Å². The fourth-order valence-electron chi connectivity index (χ4n) is 4.03. The second-order valence-electron chi connectivity index (χ2n) is 7.18. The second-order valence-corrected chi connectivity index (χ2v) is 8.29. The SMILES string of the molecule is CCC(Br)C(=O)c1ccc2c(c1)CC(C)N2C(=O)C1CCCCC1. The molecule has 0 radical (unpaired) electrons. The van der Waals surface area contributed by atoms with E-state index in [9.17, 15) is 9.59 Å². The molecule has 3 rings (SSSR count). The van der Waals surface area contributed by atoms with Gasteiger partial charge in [-0.05, 0) is 56.4 Å². The summed E-state index contributed by atoms with van der Waals surface area (Å²) in [6.45, 7) is 4.11. The number of carbonyl (C=O) groups excluding carboxylic acids is 2. The van der Waals surface area contributed by atoms with Crippen molar-refractivity contribution < 1.29 is 9.59 Å². The number of nitrogens with zero attached hydrogens (tertiary/aromatic N) is 1. The van der Waals surface area contributed by atoms with Crippen LogP contribution in [0.1, 0.15) is 68.3 Å². The van der Waals surface area contributed by atoms with E-state index in [4.69, 9.17) is 0 Å². The molecule has 24 heavy (non-hydrogen) atoms. The van der Waals surface area contributed by atoms with E-state index in [1.54, 1.807) is 0 Å². The standard InChI is InChI=1S/C20H26BrNO2/c1-3-17(21)19(23)15-9-10-18-16(12-15)11-13(2)22(18)20(24)14-7-5-4-6-8-14/h9-10,12-14,17H,3-8,11H2,1-2H3. The van der Waals surface area contributed by atoms with Gasteiger partial charge in [0.05, 0.1) is 4.83 Å². The van der Waals surface area contributed by atoms with Crippen LogP contribution in [0.15, 0.2) is 18.2 Å². The lowest BCUT2D eigenvalue weighted by Gasteiger charge is -2.29. The van der Waals surface area contributed by atoms with Gasteiger partial charge in [-0.15, -0.1) is 0 Å². The number of ketones is 1. The molecule has 0 aromatic heterocycles. The van der Waals surface area contributed by atoms with Crippen molar-refractivity contribution in [2.75, 3.05) is 4.90 Å². The third-order valence-electron chi connectivity index (χ3n) is 5.41. The summed E-state index contributed by atoms with van der Waals surface area (Å²) in [6.07, 6.45) is 7.26. The van der Waals surface area contributed by atoms with Crippen LogP contribution in [0.3, 0.4) is 0 Å². The molecule has 1 aromatic carbocycles. The lowest BCUT2D eigenvalue weighted by Crippen LogP contribution is -2.40. The molecule has 1 heterocycles. The second kappa shape index (κ2) is 7.38. The molecule has 130 valence electrons.